The third-order valence-electron chi connectivity index (χ3n) is 5.30. The van der Waals surface area contributed by atoms with E-state index in [0.717, 1.165) is 37.2 Å². The topological polar surface area (TPSA) is 77.0 Å². The smallest absolute Gasteiger partial charge is 0.248 e. The summed E-state index contributed by atoms with van der Waals surface area (Å²) in [5, 5.41) is 0. The van der Waals surface area contributed by atoms with Crippen LogP contribution in [-0.2, 0) is 22.5 Å². The molecule has 8 heteroatoms. The van der Waals surface area contributed by atoms with E-state index in [2.05, 4.69) is 4.90 Å². The summed E-state index contributed by atoms with van der Waals surface area (Å²) in [6, 6.07) is 7.47. The Labute approximate surface area is 170 Å². The molecule has 154 valence electrons. The number of para-hydroxylation sites is 2. The number of amides is 1. The number of carbonyl (C=O) groups is 1. The van der Waals surface area contributed by atoms with E-state index in [1.54, 1.807) is 12.0 Å². The number of hydrogen-bond donors (Lipinski definition) is 0. The fourth-order valence-corrected chi connectivity index (χ4v) is 3.75. The van der Waals surface area contributed by atoms with Crippen molar-refractivity contribution in [2.24, 2.45) is 0 Å². The maximum absolute atomic E-state index is 12.3. The number of hydrogen-bond acceptors (Lipinski definition) is 7. The summed E-state index contributed by atoms with van der Waals surface area (Å²) in [6.07, 6.45) is 2.95. The van der Waals surface area contributed by atoms with E-state index in [1.165, 1.54) is 7.11 Å². The molecule has 1 aromatic carbocycles. The fourth-order valence-electron chi connectivity index (χ4n) is 3.75. The molecule has 1 fully saturated rings. The van der Waals surface area contributed by atoms with Gasteiger partial charge in [0.25, 0.3) is 0 Å². The van der Waals surface area contributed by atoms with Gasteiger partial charge in [-0.3, -0.25) is 4.79 Å². The Kier molecular flexibility index (Phi) is 5.80. The molecule has 0 unspecified atom stereocenters. The summed E-state index contributed by atoms with van der Waals surface area (Å²) in [4.78, 5) is 25.9. The highest BCUT2D eigenvalue weighted by atomic mass is 16.5. The lowest BCUT2D eigenvalue weighted by Gasteiger charge is -2.30. The number of anilines is 1. The lowest BCUT2D eigenvalue weighted by molar-refractivity contribution is -0.136. The molecule has 0 spiro atoms. The minimum Gasteiger partial charge on any atom is -0.493 e. The first-order chi connectivity index (χ1) is 14.2. The monoisotopic (exact) mass is 398 g/mol. The van der Waals surface area contributed by atoms with Gasteiger partial charge in [-0.2, -0.15) is 4.98 Å². The standard InChI is InChI=1S/C21H26N4O4/c1-27-14-19(26)25-12-9-16-15(13-25)20(23-21(22-16)24-10-5-6-11-24)29-18-8-4-3-7-17(18)28-2/h3-4,7-8H,5-6,9-14H2,1-2H3. The molecule has 0 aliphatic carbocycles. The molecule has 29 heavy (non-hydrogen) atoms. The maximum Gasteiger partial charge on any atom is 0.248 e. The average Bonchev–Trinajstić information content (AvgIpc) is 3.29. The molecule has 0 bridgehead atoms. The summed E-state index contributed by atoms with van der Waals surface area (Å²) in [5.74, 6) is 2.35. The Morgan fingerprint density at radius 3 is 2.55 bits per heavy atom. The van der Waals surface area contributed by atoms with Crippen LogP contribution in [-0.4, -0.2) is 61.2 Å². The van der Waals surface area contributed by atoms with Gasteiger partial charge in [-0.25, -0.2) is 4.98 Å². The lowest BCUT2D eigenvalue weighted by atomic mass is 10.1. The van der Waals surface area contributed by atoms with E-state index in [1.807, 2.05) is 24.3 Å². The molecular weight excluding hydrogens is 372 g/mol. The van der Waals surface area contributed by atoms with Gasteiger partial charge in [0.1, 0.15) is 6.61 Å². The van der Waals surface area contributed by atoms with Crippen molar-refractivity contribution in [2.45, 2.75) is 25.8 Å². The van der Waals surface area contributed by atoms with Crippen LogP contribution in [0, 0.1) is 0 Å². The predicted molar refractivity (Wildman–Crippen MR) is 108 cm³/mol. The number of rotatable bonds is 6. The first kappa shape index (κ1) is 19.4. The molecule has 0 atom stereocenters. The minimum atomic E-state index is -0.0509. The maximum atomic E-state index is 12.3. The van der Waals surface area contributed by atoms with Crippen molar-refractivity contribution < 1.29 is 19.0 Å². The molecule has 1 aromatic heterocycles. The molecule has 8 nitrogen and oxygen atoms in total. The van der Waals surface area contributed by atoms with Gasteiger partial charge in [0.2, 0.25) is 17.7 Å². The van der Waals surface area contributed by atoms with Crippen molar-refractivity contribution in [3.63, 3.8) is 0 Å². The number of nitrogens with zero attached hydrogens (tertiary/aromatic N) is 4. The van der Waals surface area contributed by atoms with Crippen LogP contribution in [0.4, 0.5) is 5.95 Å². The number of carbonyl (C=O) groups excluding carboxylic acids is 1. The van der Waals surface area contributed by atoms with Gasteiger partial charge >= 0.3 is 0 Å². The quantitative estimate of drug-likeness (QED) is 0.739. The Morgan fingerprint density at radius 1 is 1.07 bits per heavy atom. The van der Waals surface area contributed by atoms with E-state index in [9.17, 15) is 4.79 Å². The molecule has 2 aliphatic heterocycles. The van der Waals surface area contributed by atoms with E-state index < -0.39 is 0 Å². The zero-order valence-corrected chi connectivity index (χ0v) is 16.9. The van der Waals surface area contributed by atoms with Crippen LogP contribution in [0.25, 0.3) is 0 Å². The average molecular weight is 398 g/mol. The minimum absolute atomic E-state index is 0.0509. The van der Waals surface area contributed by atoms with Crippen LogP contribution in [0.1, 0.15) is 24.1 Å². The van der Waals surface area contributed by atoms with Crippen molar-refractivity contribution in [2.75, 3.05) is 45.4 Å². The van der Waals surface area contributed by atoms with Gasteiger partial charge in [-0.1, -0.05) is 12.1 Å². The largest absolute Gasteiger partial charge is 0.493 e. The lowest BCUT2D eigenvalue weighted by Crippen LogP contribution is -2.39. The van der Waals surface area contributed by atoms with Gasteiger partial charge in [0, 0.05) is 33.2 Å². The highest BCUT2D eigenvalue weighted by Gasteiger charge is 2.28. The van der Waals surface area contributed by atoms with E-state index in [-0.39, 0.29) is 12.5 Å². The molecule has 2 aliphatic rings. The van der Waals surface area contributed by atoms with Crippen LogP contribution in [0.15, 0.2) is 24.3 Å². The molecule has 0 N–H and O–H groups in total. The van der Waals surface area contributed by atoms with Crippen LogP contribution in [0.5, 0.6) is 17.4 Å². The number of ether oxygens (including phenoxy) is 3. The summed E-state index contributed by atoms with van der Waals surface area (Å²) in [5.41, 5.74) is 1.78. The number of aromatic nitrogens is 2. The van der Waals surface area contributed by atoms with E-state index in [0.29, 0.717) is 42.8 Å². The second-order valence-electron chi connectivity index (χ2n) is 7.20. The second kappa shape index (κ2) is 8.65. The van der Waals surface area contributed by atoms with Gasteiger partial charge in [0.05, 0.1) is 24.9 Å². The van der Waals surface area contributed by atoms with Crippen molar-refractivity contribution in [1.29, 1.82) is 0 Å². The summed E-state index contributed by atoms with van der Waals surface area (Å²) in [7, 11) is 3.13. The second-order valence-corrected chi connectivity index (χ2v) is 7.20. The Balaban J connectivity index is 1.71. The third kappa shape index (κ3) is 4.12. The normalized spacial score (nSPS) is 15.9. The van der Waals surface area contributed by atoms with Crippen LogP contribution in [0.2, 0.25) is 0 Å². The molecule has 2 aromatic rings. The fraction of sp³-hybridized carbons (Fsp3) is 0.476. The zero-order valence-electron chi connectivity index (χ0n) is 16.9. The summed E-state index contributed by atoms with van der Waals surface area (Å²) in [6.45, 7) is 2.98. The highest BCUT2D eigenvalue weighted by Crippen LogP contribution is 2.35. The van der Waals surface area contributed by atoms with Crippen LogP contribution >= 0.6 is 0 Å². The number of methoxy groups -OCH3 is 2. The molecule has 0 saturated carbocycles. The van der Waals surface area contributed by atoms with Crippen LogP contribution < -0.4 is 14.4 Å². The molecule has 1 saturated heterocycles. The molecule has 1 amide bonds. The van der Waals surface area contributed by atoms with Crippen molar-refractivity contribution in [1.82, 2.24) is 14.9 Å². The van der Waals surface area contributed by atoms with Gasteiger partial charge in [0.15, 0.2) is 11.5 Å². The highest BCUT2D eigenvalue weighted by molar-refractivity contribution is 5.77. The third-order valence-corrected chi connectivity index (χ3v) is 5.30. The molecule has 3 heterocycles. The predicted octanol–water partition coefficient (Wildman–Crippen LogP) is 2.41. The Morgan fingerprint density at radius 2 is 1.83 bits per heavy atom. The number of benzene rings is 1. The van der Waals surface area contributed by atoms with Gasteiger partial charge in [-0.05, 0) is 25.0 Å². The van der Waals surface area contributed by atoms with E-state index >= 15 is 0 Å². The SMILES string of the molecule is COCC(=O)N1CCc2nc(N3CCCC3)nc(Oc3ccccc3OC)c2C1. The molecular formula is C21H26N4O4. The van der Waals surface area contributed by atoms with Gasteiger partial charge < -0.3 is 24.0 Å². The first-order valence-electron chi connectivity index (χ1n) is 9.92. The van der Waals surface area contributed by atoms with Gasteiger partial charge in [-0.15, -0.1) is 0 Å². The van der Waals surface area contributed by atoms with Crippen molar-refractivity contribution in [3.05, 3.63) is 35.5 Å². The molecule has 4 rings (SSSR count). The summed E-state index contributed by atoms with van der Waals surface area (Å²) >= 11 is 0. The Hall–Kier alpha value is -2.87. The molecule has 0 radical (unpaired) electrons. The van der Waals surface area contributed by atoms with Crippen LogP contribution in [0.3, 0.4) is 0 Å². The van der Waals surface area contributed by atoms with Crippen molar-refractivity contribution in [3.8, 4) is 17.4 Å². The van der Waals surface area contributed by atoms with E-state index in [4.69, 9.17) is 24.2 Å². The summed E-state index contributed by atoms with van der Waals surface area (Å²) < 4.78 is 16.6. The zero-order chi connectivity index (χ0) is 20.2. The van der Waals surface area contributed by atoms with Crippen molar-refractivity contribution >= 4 is 11.9 Å². The first-order valence-corrected chi connectivity index (χ1v) is 9.92. The Bertz CT molecular complexity index is 883. The number of fused-ring (bicyclic) bond motifs is 1.